The van der Waals surface area contributed by atoms with E-state index in [4.69, 9.17) is 27.9 Å². The van der Waals surface area contributed by atoms with Gasteiger partial charge in [0.1, 0.15) is 0 Å². The molecular weight excluding hydrogens is 195 g/mol. The fraction of sp³-hybridized carbons (Fsp3) is 0.333. The zero-order valence-corrected chi connectivity index (χ0v) is 8.49. The molecule has 0 heterocycles. The van der Waals surface area contributed by atoms with E-state index >= 15 is 0 Å². The molecule has 1 rings (SSSR count). The Morgan fingerprint density at radius 3 is 2.42 bits per heavy atom. The first-order valence-electron chi connectivity index (χ1n) is 3.63. The molecule has 0 fully saturated rings. The summed E-state index contributed by atoms with van der Waals surface area (Å²) < 4.78 is 5.13. The highest BCUT2D eigenvalue weighted by Crippen LogP contribution is 2.26. The maximum absolute atomic E-state index is 5.83. The van der Waals surface area contributed by atoms with Crippen molar-refractivity contribution in [2.45, 2.75) is 13.0 Å². The molecule has 0 bridgehead atoms. The molecule has 0 saturated heterocycles. The monoisotopic (exact) mass is 204 g/mol. The van der Waals surface area contributed by atoms with Crippen molar-refractivity contribution in [3.63, 3.8) is 0 Å². The topological polar surface area (TPSA) is 9.23 Å². The predicted molar refractivity (Wildman–Crippen MR) is 51.9 cm³/mol. The van der Waals surface area contributed by atoms with Crippen LogP contribution in [0.4, 0.5) is 0 Å². The zero-order chi connectivity index (χ0) is 9.14. The molecule has 12 heavy (non-hydrogen) atoms. The van der Waals surface area contributed by atoms with E-state index in [1.807, 2.05) is 19.1 Å². The van der Waals surface area contributed by atoms with Gasteiger partial charge in [-0.1, -0.05) is 29.3 Å². The van der Waals surface area contributed by atoms with Gasteiger partial charge in [0.05, 0.1) is 16.1 Å². The first kappa shape index (κ1) is 9.85. The van der Waals surface area contributed by atoms with Crippen molar-refractivity contribution in [3.8, 4) is 0 Å². The quantitative estimate of drug-likeness (QED) is 0.715. The second-order valence-electron chi connectivity index (χ2n) is 2.55. The Kier molecular flexibility index (Phi) is 3.39. The van der Waals surface area contributed by atoms with Gasteiger partial charge in [-0.15, -0.1) is 0 Å². The number of hydrogen-bond acceptors (Lipinski definition) is 1. The van der Waals surface area contributed by atoms with E-state index in [1.165, 1.54) is 0 Å². The Labute approximate surface area is 82.2 Å². The molecule has 1 aromatic rings. The van der Waals surface area contributed by atoms with Gasteiger partial charge < -0.3 is 4.74 Å². The molecule has 0 unspecified atom stereocenters. The average Bonchev–Trinajstić information content (AvgIpc) is 2.08. The summed E-state index contributed by atoms with van der Waals surface area (Å²) in [5.41, 5.74) is 1.03. The molecule has 66 valence electrons. The van der Waals surface area contributed by atoms with E-state index in [1.54, 1.807) is 13.2 Å². The number of rotatable bonds is 2. The van der Waals surface area contributed by atoms with E-state index in [9.17, 15) is 0 Å². The van der Waals surface area contributed by atoms with Crippen LogP contribution in [0, 0.1) is 0 Å². The lowest BCUT2D eigenvalue weighted by atomic mass is 10.1. The van der Waals surface area contributed by atoms with Gasteiger partial charge in [-0.05, 0) is 24.6 Å². The predicted octanol–water partition coefficient (Wildman–Crippen LogP) is 3.70. The molecule has 0 radical (unpaired) electrons. The number of hydrogen-bond donors (Lipinski definition) is 0. The highest BCUT2D eigenvalue weighted by atomic mass is 35.5. The molecule has 0 saturated carbocycles. The lowest BCUT2D eigenvalue weighted by Gasteiger charge is -2.09. The number of ether oxygens (including phenoxy) is 1. The second kappa shape index (κ2) is 4.13. The van der Waals surface area contributed by atoms with Gasteiger partial charge in [0.2, 0.25) is 0 Å². The average molecular weight is 205 g/mol. The molecule has 1 nitrogen and oxygen atoms in total. The lowest BCUT2D eigenvalue weighted by molar-refractivity contribution is 0.119. The minimum absolute atomic E-state index is 0.0553. The van der Waals surface area contributed by atoms with Gasteiger partial charge in [-0.25, -0.2) is 0 Å². The van der Waals surface area contributed by atoms with Gasteiger partial charge in [-0.3, -0.25) is 0 Å². The molecule has 0 aliphatic rings. The Bertz CT molecular complexity index is 273. The summed E-state index contributed by atoms with van der Waals surface area (Å²) in [7, 11) is 1.66. The van der Waals surface area contributed by atoms with Crippen molar-refractivity contribution >= 4 is 23.2 Å². The molecule has 0 aliphatic heterocycles. The number of methoxy groups -OCH3 is 1. The van der Waals surface area contributed by atoms with Crippen LogP contribution in [0.5, 0.6) is 0 Å². The van der Waals surface area contributed by atoms with Gasteiger partial charge in [0.25, 0.3) is 0 Å². The maximum atomic E-state index is 5.83. The highest BCUT2D eigenvalue weighted by Gasteiger charge is 2.05. The van der Waals surface area contributed by atoms with Gasteiger partial charge in [0, 0.05) is 7.11 Å². The largest absolute Gasteiger partial charge is 0.377 e. The Morgan fingerprint density at radius 1 is 1.25 bits per heavy atom. The number of halogens is 2. The van der Waals surface area contributed by atoms with Crippen LogP contribution < -0.4 is 0 Å². The first-order valence-corrected chi connectivity index (χ1v) is 4.38. The van der Waals surface area contributed by atoms with Gasteiger partial charge >= 0.3 is 0 Å². The van der Waals surface area contributed by atoms with Crippen LogP contribution in [0.1, 0.15) is 18.6 Å². The van der Waals surface area contributed by atoms with Crippen LogP contribution in [0.15, 0.2) is 18.2 Å². The summed E-state index contributed by atoms with van der Waals surface area (Å²) in [6, 6.07) is 5.50. The minimum atomic E-state index is 0.0553. The molecule has 0 spiro atoms. The molecule has 3 heteroatoms. The molecule has 0 N–H and O–H groups in total. The van der Waals surface area contributed by atoms with Crippen molar-refractivity contribution in [2.75, 3.05) is 7.11 Å². The molecule has 1 atom stereocenters. The third-order valence-corrected chi connectivity index (χ3v) is 2.51. The van der Waals surface area contributed by atoms with E-state index < -0.39 is 0 Å². The molecule has 0 amide bonds. The molecule has 1 aromatic carbocycles. The minimum Gasteiger partial charge on any atom is -0.377 e. The van der Waals surface area contributed by atoms with Crippen LogP contribution >= 0.6 is 23.2 Å². The van der Waals surface area contributed by atoms with Crippen LogP contribution in [-0.2, 0) is 4.74 Å². The van der Waals surface area contributed by atoms with Crippen molar-refractivity contribution < 1.29 is 4.74 Å². The van der Waals surface area contributed by atoms with Crippen molar-refractivity contribution in [2.24, 2.45) is 0 Å². The number of benzene rings is 1. The summed E-state index contributed by atoms with van der Waals surface area (Å²) in [6.45, 7) is 1.96. The smallest absolute Gasteiger partial charge is 0.0793 e. The summed E-state index contributed by atoms with van der Waals surface area (Å²) >= 11 is 11.6. The van der Waals surface area contributed by atoms with E-state index in [-0.39, 0.29) is 6.10 Å². The lowest BCUT2D eigenvalue weighted by Crippen LogP contribution is -1.94. The zero-order valence-electron chi connectivity index (χ0n) is 6.97. The van der Waals surface area contributed by atoms with E-state index in [0.29, 0.717) is 10.0 Å². The highest BCUT2D eigenvalue weighted by molar-refractivity contribution is 6.42. The van der Waals surface area contributed by atoms with Gasteiger partial charge in [0.15, 0.2) is 0 Å². The fourth-order valence-corrected chi connectivity index (χ4v) is 1.21. The van der Waals surface area contributed by atoms with E-state index in [2.05, 4.69) is 0 Å². The van der Waals surface area contributed by atoms with Crippen LogP contribution in [0.25, 0.3) is 0 Å². The summed E-state index contributed by atoms with van der Waals surface area (Å²) in [6.07, 6.45) is 0.0553. The van der Waals surface area contributed by atoms with Crippen LogP contribution in [0.2, 0.25) is 10.0 Å². The summed E-state index contributed by atoms with van der Waals surface area (Å²) in [5, 5.41) is 1.14. The Morgan fingerprint density at radius 2 is 1.92 bits per heavy atom. The van der Waals surface area contributed by atoms with E-state index in [0.717, 1.165) is 5.56 Å². The second-order valence-corrected chi connectivity index (χ2v) is 3.37. The van der Waals surface area contributed by atoms with Crippen LogP contribution in [0.3, 0.4) is 0 Å². The van der Waals surface area contributed by atoms with Crippen molar-refractivity contribution in [3.05, 3.63) is 33.8 Å². The standard InChI is InChI=1S/C9H10Cl2O/c1-6(12-2)7-3-4-8(10)9(11)5-7/h3-6H,1-2H3/t6-/m1/s1. The van der Waals surface area contributed by atoms with Gasteiger partial charge in [-0.2, -0.15) is 0 Å². The molecular formula is C9H10Cl2O. The first-order chi connectivity index (χ1) is 5.65. The Balaban J connectivity index is 2.96. The summed E-state index contributed by atoms with van der Waals surface area (Å²) in [5.74, 6) is 0. The third-order valence-electron chi connectivity index (χ3n) is 1.77. The SMILES string of the molecule is CO[C@H](C)c1ccc(Cl)c(Cl)c1. The third kappa shape index (κ3) is 2.13. The van der Waals surface area contributed by atoms with Crippen molar-refractivity contribution in [1.82, 2.24) is 0 Å². The fourth-order valence-electron chi connectivity index (χ4n) is 0.901. The Hall–Kier alpha value is -0.240. The maximum Gasteiger partial charge on any atom is 0.0793 e. The van der Waals surface area contributed by atoms with Crippen molar-refractivity contribution in [1.29, 1.82) is 0 Å². The van der Waals surface area contributed by atoms with Crippen LogP contribution in [-0.4, -0.2) is 7.11 Å². The molecule has 0 aromatic heterocycles. The summed E-state index contributed by atoms with van der Waals surface area (Å²) in [4.78, 5) is 0. The normalized spacial score (nSPS) is 13.0. The molecule has 0 aliphatic carbocycles.